The Bertz CT molecular complexity index is 612. The van der Waals surface area contributed by atoms with Crippen molar-refractivity contribution in [1.29, 1.82) is 0 Å². The topological polar surface area (TPSA) is 54.0 Å². The molecule has 0 saturated heterocycles. The molecule has 0 atom stereocenters. The first-order valence-corrected chi connectivity index (χ1v) is 5.86. The summed E-state index contributed by atoms with van der Waals surface area (Å²) in [5.41, 5.74) is 2.03. The van der Waals surface area contributed by atoms with Gasteiger partial charge in [-0.1, -0.05) is 15.9 Å². The highest BCUT2D eigenvalue weighted by molar-refractivity contribution is 9.10. The number of anilines is 3. The second kappa shape index (κ2) is 3.85. The van der Waals surface area contributed by atoms with Crippen molar-refractivity contribution in [2.75, 3.05) is 10.6 Å². The summed E-state index contributed by atoms with van der Waals surface area (Å²) in [5, 5.41) is 5.97. The maximum absolute atomic E-state index is 12.0. The first-order valence-electron chi connectivity index (χ1n) is 5.07. The third-order valence-electron chi connectivity index (χ3n) is 2.54. The number of amides is 1. The van der Waals surface area contributed by atoms with Gasteiger partial charge in [-0.15, -0.1) is 0 Å². The van der Waals surface area contributed by atoms with Crippen molar-refractivity contribution in [3.63, 3.8) is 0 Å². The number of fused-ring (bicyclic) bond motifs is 2. The van der Waals surface area contributed by atoms with Crippen LogP contribution in [0.15, 0.2) is 41.0 Å². The van der Waals surface area contributed by atoms with Crippen LogP contribution in [0, 0.1) is 0 Å². The van der Waals surface area contributed by atoms with Crippen LogP contribution in [0.3, 0.4) is 0 Å². The van der Waals surface area contributed by atoms with Gasteiger partial charge in [0.05, 0.1) is 16.9 Å². The van der Waals surface area contributed by atoms with Gasteiger partial charge in [0, 0.05) is 10.7 Å². The van der Waals surface area contributed by atoms with Gasteiger partial charge < -0.3 is 10.6 Å². The molecule has 2 heterocycles. The number of nitrogens with one attached hydrogen (secondary N) is 2. The molecule has 0 fully saturated rings. The Morgan fingerprint density at radius 2 is 2.00 bits per heavy atom. The van der Waals surface area contributed by atoms with E-state index in [9.17, 15) is 4.79 Å². The first-order chi connectivity index (χ1) is 8.24. The van der Waals surface area contributed by atoms with Crippen molar-refractivity contribution in [2.24, 2.45) is 0 Å². The van der Waals surface area contributed by atoms with E-state index in [1.165, 1.54) is 0 Å². The van der Waals surface area contributed by atoms with Crippen LogP contribution in [0.25, 0.3) is 0 Å². The van der Waals surface area contributed by atoms with Crippen molar-refractivity contribution in [2.45, 2.75) is 0 Å². The largest absolute Gasteiger partial charge is 0.338 e. The normalized spacial score (nSPS) is 12.9. The molecular formula is C12H8BrN3O. The first kappa shape index (κ1) is 10.3. The minimum absolute atomic E-state index is 0.133. The van der Waals surface area contributed by atoms with Crippen LogP contribution < -0.4 is 10.6 Å². The third kappa shape index (κ3) is 1.78. The van der Waals surface area contributed by atoms with Gasteiger partial charge in [-0.3, -0.25) is 4.79 Å². The number of hydrogen-bond acceptors (Lipinski definition) is 3. The summed E-state index contributed by atoms with van der Waals surface area (Å²) >= 11 is 3.38. The van der Waals surface area contributed by atoms with Gasteiger partial charge in [0.1, 0.15) is 0 Å². The summed E-state index contributed by atoms with van der Waals surface area (Å²) in [4.78, 5) is 16.2. The number of nitrogens with zero attached hydrogens (tertiary/aromatic N) is 1. The summed E-state index contributed by atoms with van der Waals surface area (Å²) in [7, 11) is 0. The van der Waals surface area contributed by atoms with Crippen molar-refractivity contribution in [3.05, 3.63) is 46.6 Å². The van der Waals surface area contributed by atoms with Crippen LogP contribution in [0.1, 0.15) is 10.4 Å². The van der Waals surface area contributed by atoms with E-state index in [0.29, 0.717) is 17.1 Å². The SMILES string of the molecule is O=C1Nc2cccnc2Nc2cc(Br)ccc21. The number of hydrogen-bond donors (Lipinski definition) is 2. The van der Waals surface area contributed by atoms with Gasteiger partial charge in [-0.25, -0.2) is 4.98 Å². The van der Waals surface area contributed by atoms with Crippen LogP contribution >= 0.6 is 15.9 Å². The molecule has 0 bridgehead atoms. The molecule has 1 amide bonds. The van der Waals surface area contributed by atoms with Gasteiger partial charge in [-0.05, 0) is 30.3 Å². The molecule has 1 aromatic heterocycles. The second-order valence-corrected chi connectivity index (χ2v) is 4.58. The molecule has 0 unspecified atom stereocenters. The Kier molecular flexibility index (Phi) is 2.33. The van der Waals surface area contributed by atoms with Crippen LogP contribution in [0.2, 0.25) is 0 Å². The van der Waals surface area contributed by atoms with E-state index in [1.807, 2.05) is 18.2 Å². The Labute approximate surface area is 106 Å². The third-order valence-corrected chi connectivity index (χ3v) is 3.03. The molecular weight excluding hydrogens is 282 g/mol. The molecule has 1 aliphatic heterocycles. The van der Waals surface area contributed by atoms with Crippen LogP contribution in [0.4, 0.5) is 17.2 Å². The quantitative estimate of drug-likeness (QED) is 0.783. The van der Waals surface area contributed by atoms with E-state index in [1.54, 1.807) is 18.3 Å². The maximum Gasteiger partial charge on any atom is 0.257 e. The highest BCUT2D eigenvalue weighted by Crippen LogP contribution is 2.31. The van der Waals surface area contributed by atoms with Crippen LogP contribution in [-0.4, -0.2) is 10.9 Å². The lowest BCUT2D eigenvalue weighted by Gasteiger charge is -2.06. The van der Waals surface area contributed by atoms with Crippen molar-refractivity contribution < 1.29 is 4.79 Å². The molecule has 0 aliphatic carbocycles. The van der Waals surface area contributed by atoms with Crippen LogP contribution in [-0.2, 0) is 0 Å². The molecule has 84 valence electrons. The zero-order valence-electron chi connectivity index (χ0n) is 8.70. The number of carbonyl (C=O) groups is 1. The molecule has 1 aromatic carbocycles. The minimum Gasteiger partial charge on any atom is -0.338 e. The number of aromatic nitrogens is 1. The molecule has 0 saturated carbocycles. The standard InChI is InChI=1S/C12H8BrN3O/c13-7-3-4-8-10(6-7)15-11-9(16-12(8)17)2-1-5-14-11/h1-6H,(H,14,15)(H,16,17). The zero-order chi connectivity index (χ0) is 11.8. The zero-order valence-corrected chi connectivity index (χ0v) is 10.3. The number of rotatable bonds is 0. The predicted octanol–water partition coefficient (Wildman–Crippen LogP) is 3.15. The van der Waals surface area contributed by atoms with Gasteiger partial charge in [0.25, 0.3) is 5.91 Å². The van der Waals surface area contributed by atoms with E-state index < -0.39 is 0 Å². The highest BCUT2D eigenvalue weighted by Gasteiger charge is 2.19. The van der Waals surface area contributed by atoms with E-state index in [4.69, 9.17) is 0 Å². The molecule has 0 radical (unpaired) electrons. The Hall–Kier alpha value is -1.88. The Morgan fingerprint density at radius 1 is 1.12 bits per heavy atom. The molecule has 2 aromatic rings. The molecule has 5 heteroatoms. The fraction of sp³-hybridized carbons (Fsp3) is 0. The Balaban J connectivity index is 2.18. The summed E-state index contributed by atoms with van der Waals surface area (Å²) in [6.45, 7) is 0. The van der Waals surface area contributed by atoms with Gasteiger partial charge in [0.2, 0.25) is 0 Å². The van der Waals surface area contributed by atoms with E-state index >= 15 is 0 Å². The number of halogens is 1. The van der Waals surface area contributed by atoms with Gasteiger partial charge in [-0.2, -0.15) is 0 Å². The molecule has 2 N–H and O–H groups in total. The molecule has 4 nitrogen and oxygen atoms in total. The molecule has 17 heavy (non-hydrogen) atoms. The average molecular weight is 290 g/mol. The monoisotopic (exact) mass is 289 g/mol. The van der Waals surface area contributed by atoms with Crippen molar-refractivity contribution >= 4 is 39.0 Å². The number of benzene rings is 1. The fourth-order valence-electron chi connectivity index (χ4n) is 1.74. The van der Waals surface area contributed by atoms with Crippen LogP contribution in [0.5, 0.6) is 0 Å². The summed E-state index contributed by atoms with van der Waals surface area (Å²) in [6.07, 6.45) is 1.68. The summed E-state index contributed by atoms with van der Waals surface area (Å²) in [5.74, 6) is 0.518. The minimum atomic E-state index is -0.133. The predicted molar refractivity (Wildman–Crippen MR) is 69.6 cm³/mol. The lowest BCUT2D eigenvalue weighted by atomic mass is 10.1. The summed E-state index contributed by atoms with van der Waals surface area (Å²) < 4.78 is 0.913. The van der Waals surface area contributed by atoms with Crippen molar-refractivity contribution in [3.8, 4) is 0 Å². The lowest BCUT2D eigenvalue weighted by molar-refractivity contribution is 0.102. The van der Waals surface area contributed by atoms with Gasteiger partial charge >= 0.3 is 0 Å². The summed E-state index contributed by atoms with van der Waals surface area (Å²) in [6, 6.07) is 9.07. The number of pyridine rings is 1. The van der Waals surface area contributed by atoms with Gasteiger partial charge in [0.15, 0.2) is 5.82 Å². The average Bonchev–Trinajstić information content (AvgIpc) is 2.44. The highest BCUT2D eigenvalue weighted by atomic mass is 79.9. The Morgan fingerprint density at radius 3 is 2.88 bits per heavy atom. The molecule has 0 spiro atoms. The second-order valence-electron chi connectivity index (χ2n) is 3.67. The van der Waals surface area contributed by atoms with E-state index in [-0.39, 0.29) is 5.91 Å². The lowest BCUT2D eigenvalue weighted by Crippen LogP contribution is -2.10. The smallest absolute Gasteiger partial charge is 0.257 e. The van der Waals surface area contributed by atoms with Crippen molar-refractivity contribution in [1.82, 2.24) is 4.98 Å². The molecule has 3 rings (SSSR count). The fourth-order valence-corrected chi connectivity index (χ4v) is 2.10. The molecule has 1 aliphatic rings. The van der Waals surface area contributed by atoms with E-state index in [2.05, 4.69) is 31.5 Å². The number of carbonyl (C=O) groups excluding carboxylic acids is 1. The maximum atomic E-state index is 12.0. The van der Waals surface area contributed by atoms with E-state index in [0.717, 1.165) is 10.2 Å².